The fourth-order valence-corrected chi connectivity index (χ4v) is 2.80. The van der Waals surface area contributed by atoms with Crippen LogP contribution in [-0.4, -0.2) is 47.6 Å². The van der Waals surface area contributed by atoms with Crippen molar-refractivity contribution < 1.29 is 0 Å². The fraction of sp³-hybridized carbons (Fsp3) is 0.688. The Balaban J connectivity index is 1.75. The minimum atomic E-state index is 0.530. The number of aryl methyl sites for hydroxylation is 1. The summed E-state index contributed by atoms with van der Waals surface area (Å²) in [5.74, 6) is 0.904. The number of hydrogen-bond acceptors (Lipinski definition) is 2. The van der Waals surface area contributed by atoms with Gasteiger partial charge in [0.1, 0.15) is 0 Å². The van der Waals surface area contributed by atoms with Gasteiger partial charge in [-0.05, 0) is 38.3 Å². The van der Waals surface area contributed by atoms with E-state index < -0.39 is 0 Å². The molecule has 1 aliphatic rings. The second-order valence-electron chi connectivity index (χ2n) is 6.16. The molecule has 5 heteroatoms. The van der Waals surface area contributed by atoms with Gasteiger partial charge in [-0.3, -0.25) is 4.99 Å². The molecule has 0 radical (unpaired) electrons. The predicted octanol–water partition coefficient (Wildman–Crippen LogP) is 1.56. The molecule has 2 rings (SSSR count). The molecule has 0 saturated carbocycles. The normalized spacial score (nSPS) is 18.2. The summed E-state index contributed by atoms with van der Waals surface area (Å²) in [4.78, 5) is 6.87. The highest BCUT2D eigenvalue weighted by Crippen LogP contribution is 2.12. The molecule has 0 unspecified atom stereocenters. The van der Waals surface area contributed by atoms with Gasteiger partial charge in [0.2, 0.25) is 0 Å². The number of aliphatic imine (C=N–C) groups is 1. The Hall–Kier alpha value is -1.49. The molecule has 118 valence electrons. The SMILES string of the molecule is CN=C(NCc1ccn(C)c1)NC1CCN(C(C)C)CC1. The lowest BCUT2D eigenvalue weighted by atomic mass is 10.0. The van der Waals surface area contributed by atoms with E-state index in [-0.39, 0.29) is 0 Å². The lowest BCUT2D eigenvalue weighted by Crippen LogP contribution is -2.49. The van der Waals surface area contributed by atoms with Crippen LogP contribution in [0.3, 0.4) is 0 Å². The van der Waals surface area contributed by atoms with E-state index in [4.69, 9.17) is 0 Å². The van der Waals surface area contributed by atoms with Crippen LogP contribution in [0.1, 0.15) is 32.3 Å². The van der Waals surface area contributed by atoms with E-state index in [2.05, 4.69) is 57.4 Å². The molecular weight excluding hydrogens is 262 g/mol. The number of piperidine rings is 1. The molecule has 21 heavy (non-hydrogen) atoms. The fourth-order valence-electron chi connectivity index (χ4n) is 2.80. The monoisotopic (exact) mass is 291 g/mol. The van der Waals surface area contributed by atoms with Crippen LogP contribution < -0.4 is 10.6 Å². The molecule has 0 aliphatic carbocycles. The van der Waals surface area contributed by atoms with Crippen LogP contribution in [0, 0.1) is 0 Å². The quantitative estimate of drug-likeness (QED) is 0.654. The van der Waals surface area contributed by atoms with E-state index in [0.29, 0.717) is 12.1 Å². The molecule has 0 bridgehead atoms. The maximum absolute atomic E-state index is 4.33. The average Bonchev–Trinajstić information content (AvgIpc) is 2.89. The first-order chi connectivity index (χ1) is 10.1. The van der Waals surface area contributed by atoms with Crippen molar-refractivity contribution in [1.82, 2.24) is 20.1 Å². The summed E-state index contributed by atoms with van der Waals surface area (Å²) in [6.45, 7) is 7.70. The first kappa shape index (κ1) is 15.9. The van der Waals surface area contributed by atoms with Crippen LogP contribution in [0.4, 0.5) is 0 Å². The molecular formula is C16H29N5. The molecule has 1 saturated heterocycles. The smallest absolute Gasteiger partial charge is 0.191 e. The summed E-state index contributed by atoms with van der Waals surface area (Å²) < 4.78 is 2.06. The summed E-state index contributed by atoms with van der Waals surface area (Å²) >= 11 is 0. The number of likely N-dealkylation sites (tertiary alicyclic amines) is 1. The van der Waals surface area contributed by atoms with Gasteiger partial charge in [-0.2, -0.15) is 0 Å². The Morgan fingerprint density at radius 1 is 1.38 bits per heavy atom. The van der Waals surface area contributed by atoms with Gasteiger partial charge in [0.25, 0.3) is 0 Å². The van der Waals surface area contributed by atoms with Gasteiger partial charge in [0, 0.05) is 58.2 Å². The van der Waals surface area contributed by atoms with Gasteiger partial charge < -0.3 is 20.1 Å². The summed E-state index contributed by atoms with van der Waals surface area (Å²) in [5, 5.41) is 6.94. The number of nitrogens with zero attached hydrogens (tertiary/aromatic N) is 3. The molecule has 0 atom stereocenters. The van der Waals surface area contributed by atoms with Crippen LogP contribution in [0.15, 0.2) is 23.5 Å². The third-order valence-electron chi connectivity index (χ3n) is 4.18. The maximum atomic E-state index is 4.33. The van der Waals surface area contributed by atoms with Crippen molar-refractivity contribution in [2.75, 3.05) is 20.1 Å². The zero-order chi connectivity index (χ0) is 15.2. The highest BCUT2D eigenvalue weighted by atomic mass is 15.2. The summed E-state index contributed by atoms with van der Waals surface area (Å²) in [6.07, 6.45) is 6.56. The van der Waals surface area contributed by atoms with Crippen LogP contribution in [0.25, 0.3) is 0 Å². The zero-order valence-electron chi connectivity index (χ0n) is 13.8. The van der Waals surface area contributed by atoms with Crippen LogP contribution in [0.2, 0.25) is 0 Å². The van der Waals surface area contributed by atoms with Crippen molar-refractivity contribution in [1.29, 1.82) is 0 Å². The number of aromatic nitrogens is 1. The van der Waals surface area contributed by atoms with E-state index in [0.717, 1.165) is 12.5 Å². The molecule has 1 aliphatic heterocycles. The number of hydrogen-bond donors (Lipinski definition) is 2. The first-order valence-electron chi connectivity index (χ1n) is 7.90. The van der Waals surface area contributed by atoms with E-state index >= 15 is 0 Å². The van der Waals surface area contributed by atoms with Gasteiger partial charge in [-0.1, -0.05) is 0 Å². The lowest BCUT2D eigenvalue weighted by Gasteiger charge is -2.35. The Labute approximate surface area is 128 Å². The largest absolute Gasteiger partial charge is 0.357 e. The summed E-state index contributed by atoms with van der Waals surface area (Å²) in [5.41, 5.74) is 1.27. The molecule has 2 N–H and O–H groups in total. The predicted molar refractivity (Wildman–Crippen MR) is 88.5 cm³/mol. The van der Waals surface area contributed by atoms with E-state index in [1.807, 2.05) is 14.1 Å². The minimum absolute atomic E-state index is 0.530. The van der Waals surface area contributed by atoms with Crippen LogP contribution >= 0.6 is 0 Å². The van der Waals surface area contributed by atoms with Crippen molar-refractivity contribution in [2.45, 2.75) is 45.3 Å². The molecule has 0 aromatic carbocycles. The van der Waals surface area contributed by atoms with E-state index in [1.165, 1.54) is 31.5 Å². The standard InChI is InChI=1S/C16H29N5/c1-13(2)21-9-6-15(7-10-21)19-16(17-3)18-11-14-5-8-20(4)12-14/h5,8,12-13,15H,6-7,9-11H2,1-4H3,(H2,17,18,19). The third-order valence-corrected chi connectivity index (χ3v) is 4.18. The van der Waals surface area contributed by atoms with Crippen molar-refractivity contribution in [2.24, 2.45) is 12.0 Å². The van der Waals surface area contributed by atoms with Gasteiger partial charge in [0.15, 0.2) is 5.96 Å². The molecule has 0 amide bonds. The highest BCUT2D eigenvalue weighted by Gasteiger charge is 2.21. The molecule has 2 heterocycles. The highest BCUT2D eigenvalue weighted by molar-refractivity contribution is 5.79. The zero-order valence-corrected chi connectivity index (χ0v) is 13.8. The summed E-state index contributed by atoms with van der Waals surface area (Å²) in [7, 11) is 3.88. The first-order valence-corrected chi connectivity index (χ1v) is 7.90. The van der Waals surface area contributed by atoms with Gasteiger partial charge in [-0.15, -0.1) is 0 Å². The van der Waals surface area contributed by atoms with Crippen LogP contribution in [0.5, 0.6) is 0 Å². The maximum Gasteiger partial charge on any atom is 0.191 e. The third kappa shape index (κ3) is 4.77. The van der Waals surface area contributed by atoms with E-state index in [1.54, 1.807) is 0 Å². The van der Waals surface area contributed by atoms with Crippen molar-refractivity contribution in [3.05, 3.63) is 24.0 Å². The van der Waals surface area contributed by atoms with Crippen molar-refractivity contribution in [3.63, 3.8) is 0 Å². The minimum Gasteiger partial charge on any atom is -0.357 e. The number of nitrogens with one attached hydrogen (secondary N) is 2. The molecule has 1 fully saturated rings. The van der Waals surface area contributed by atoms with Gasteiger partial charge >= 0.3 is 0 Å². The van der Waals surface area contributed by atoms with Crippen molar-refractivity contribution in [3.8, 4) is 0 Å². The molecule has 1 aromatic rings. The topological polar surface area (TPSA) is 44.6 Å². The Kier molecular flexibility index (Phi) is 5.67. The lowest BCUT2D eigenvalue weighted by molar-refractivity contribution is 0.167. The molecule has 5 nitrogen and oxygen atoms in total. The number of rotatable bonds is 4. The Morgan fingerprint density at radius 3 is 2.62 bits per heavy atom. The molecule has 1 aromatic heterocycles. The second kappa shape index (κ2) is 7.50. The summed E-state index contributed by atoms with van der Waals surface area (Å²) in [6, 6.07) is 3.31. The average molecular weight is 291 g/mol. The van der Waals surface area contributed by atoms with Crippen LogP contribution in [-0.2, 0) is 13.6 Å². The number of guanidine groups is 1. The second-order valence-corrected chi connectivity index (χ2v) is 6.16. The Morgan fingerprint density at radius 2 is 2.10 bits per heavy atom. The van der Waals surface area contributed by atoms with Crippen molar-refractivity contribution >= 4 is 5.96 Å². The van der Waals surface area contributed by atoms with E-state index in [9.17, 15) is 0 Å². The van der Waals surface area contributed by atoms with Gasteiger partial charge in [-0.25, -0.2) is 0 Å². The molecule has 0 spiro atoms. The van der Waals surface area contributed by atoms with Gasteiger partial charge in [0.05, 0.1) is 0 Å². The Bertz CT molecular complexity index is 455.